The molecule has 0 radical (unpaired) electrons. The van der Waals surface area contributed by atoms with Crippen LogP contribution in [0, 0.1) is 13.8 Å². The molecule has 3 aromatic rings. The highest BCUT2D eigenvalue weighted by Gasteiger charge is 2.25. The lowest BCUT2D eigenvalue weighted by atomic mass is 10.1. The van der Waals surface area contributed by atoms with E-state index in [1.807, 2.05) is 13.8 Å². The second-order valence-electron chi connectivity index (χ2n) is 8.03. The molecule has 4 rings (SSSR count). The molecule has 34 heavy (non-hydrogen) atoms. The largest absolute Gasteiger partial charge is 0.489 e. The van der Waals surface area contributed by atoms with Crippen molar-refractivity contribution in [3.63, 3.8) is 0 Å². The summed E-state index contributed by atoms with van der Waals surface area (Å²) in [5, 5.41) is 9.40. The fourth-order valence-corrected chi connectivity index (χ4v) is 3.23. The zero-order valence-electron chi connectivity index (χ0n) is 18.9. The molecule has 0 unspecified atom stereocenters. The number of benzene rings is 2. The van der Waals surface area contributed by atoms with Crippen molar-refractivity contribution in [3.8, 4) is 5.75 Å². The number of anilines is 1. The third-order valence-corrected chi connectivity index (χ3v) is 5.35. The third kappa shape index (κ3) is 5.80. The van der Waals surface area contributed by atoms with Gasteiger partial charge in [0.25, 0.3) is 11.8 Å². The summed E-state index contributed by atoms with van der Waals surface area (Å²) in [6.07, 6.45) is 1.93. The highest BCUT2D eigenvalue weighted by molar-refractivity contribution is 6.04. The quantitative estimate of drug-likeness (QED) is 0.466. The number of nitrogens with one attached hydrogen (secondary N) is 2. The second-order valence-corrected chi connectivity index (χ2v) is 8.03. The minimum atomic E-state index is -0.646. The zero-order chi connectivity index (χ0) is 24.1. The van der Waals surface area contributed by atoms with Gasteiger partial charge in [0, 0.05) is 6.04 Å². The first-order chi connectivity index (χ1) is 16.4. The minimum absolute atomic E-state index is 0.199. The van der Waals surface area contributed by atoms with E-state index in [1.165, 1.54) is 0 Å². The van der Waals surface area contributed by atoms with E-state index in [0.29, 0.717) is 29.4 Å². The lowest BCUT2D eigenvalue weighted by Gasteiger charge is -2.11. The molecule has 0 saturated heterocycles. The molecular formula is C25H25N3O6. The van der Waals surface area contributed by atoms with Gasteiger partial charge in [-0.05, 0) is 63.1 Å². The van der Waals surface area contributed by atoms with E-state index in [9.17, 15) is 14.4 Å². The van der Waals surface area contributed by atoms with Crippen molar-refractivity contribution in [1.29, 1.82) is 0 Å². The Bertz CT molecular complexity index is 1180. The van der Waals surface area contributed by atoms with Crippen molar-refractivity contribution in [1.82, 2.24) is 10.5 Å². The summed E-state index contributed by atoms with van der Waals surface area (Å²) in [5.74, 6) is -0.170. The Labute approximate surface area is 196 Å². The molecule has 0 aliphatic heterocycles. The summed E-state index contributed by atoms with van der Waals surface area (Å²) in [6.45, 7) is 3.47. The van der Waals surface area contributed by atoms with Crippen LogP contribution in [0.3, 0.4) is 0 Å². The smallest absolute Gasteiger partial charge is 0.338 e. The molecule has 1 aromatic heterocycles. The first-order valence-corrected chi connectivity index (χ1v) is 10.9. The van der Waals surface area contributed by atoms with Gasteiger partial charge in [-0.25, -0.2) is 4.79 Å². The van der Waals surface area contributed by atoms with Crippen LogP contribution in [0.25, 0.3) is 0 Å². The average Bonchev–Trinajstić information content (AvgIpc) is 3.60. The van der Waals surface area contributed by atoms with Crippen LogP contribution in [0.15, 0.2) is 53.1 Å². The monoisotopic (exact) mass is 463 g/mol. The van der Waals surface area contributed by atoms with Crippen molar-refractivity contribution in [2.45, 2.75) is 39.3 Å². The summed E-state index contributed by atoms with van der Waals surface area (Å²) >= 11 is 0. The molecule has 1 aliphatic rings. The van der Waals surface area contributed by atoms with E-state index in [-0.39, 0.29) is 17.5 Å². The summed E-state index contributed by atoms with van der Waals surface area (Å²) < 4.78 is 15.9. The second kappa shape index (κ2) is 10.2. The van der Waals surface area contributed by atoms with E-state index in [2.05, 4.69) is 15.8 Å². The number of esters is 1. The maximum atomic E-state index is 12.4. The van der Waals surface area contributed by atoms with Crippen molar-refractivity contribution in [2.24, 2.45) is 0 Å². The molecule has 0 spiro atoms. The van der Waals surface area contributed by atoms with Crippen molar-refractivity contribution in [2.75, 3.05) is 11.9 Å². The lowest BCUT2D eigenvalue weighted by molar-refractivity contribution is -0.119. The number of aryl methyl sites for hydroxylation is 2. The molecule has 9 heteroatoms. The van der Waals surface area contributed by atoms with Crippen molar-refractivity contribution >= 4 is 23.5 Å². The molecule has 0 atom stereocenters. The number of ether oxygens (including phenoxy) is 2. The summed E-state index contributed by atoms with van der Waals surface area (Å²) in [4.78, 5) is 37.0. The predicted octanol–water partition coefficient (Wildman–Crippen LogP) is 3.56. The zero-order valence-corrected chi connectivity index (χ0v) is 18.9. The normalized spacial score (nSPS) is 12.6. The molecule has 1 fully saturated rings. The van der Waals surface area contributed by atoms with Crippen LogP contribution in [-0.4, -0.2) is 35.6 Å². The Balaban J connectivity index is 1.27. The van der Waals surface area contributed by atoms with Crippen LogP contribution in [0.4, 0.5) is 5.69 Å². The van der Waals surface area contributed by atoms with Gasteiger partial charge in [-0.3, -0.25) is 9.59 Å². The van der Waals surface area contributed by atoms with Gasteiger partial charge in [-0.2, -0.15) is 0 Å². The minimum Gasteiger partial charge on any atom is -0.489 e. The molecule has 176 valence electrons. The highest BCUT2D eigenvalue weighted by Crippen LogP contribution is 2.22. The van der Waals surface area contributed by atoms with E-state index in [4.69, 9.17) is 14.0 Å². The van der Waals surface area contributed by atoms with E-state index >= 15 is 0 Å². The molecule has 2 aromatic carbocycles. The van der Waals surface area contributed by atoms with Gasteiger partial charge in [0.2, 0.25) is 0 Å². The summed E-state index contributed by atoms with van der Waals surface area (Å²) in [7, 11) is 0. The van der Waals surface area contributed by atoms with Crippen LogP contribution >= 0.6 is 0 Å². The number of hydrogen-bond acceptors (Lipinski definition) is 7. The number of carbonyl (C=O) groups is 3. The summed E-state index contributed by atoms with van der Waals surface area (Å²) in [5.41, 5.74) is 2.65. The Morgan fingerprint density at radius 2 is 1.79 bits per heavy atom. The first kappa shape index (κ1) is 23.0. The number of hydrogen-bond donors (Lipinski definition) is 2. The molecule has 1 saturated carbocycles. The summed E-state index contributed by atoms with van der Waals surface area (Å²) in [6, 6.07) is 13.3. The van der Waals surface area contributed by atoms with Crippen LogP contribution in [0.5, 0.6) is 5.75 Å². The van der Waals surface area contributed by atoms with Gasteiger partial charge in [0.05, 0.1) is 28.1 Å². The third-order valence-electron chi connectivity index (χ3n) is 5.35. The van der Waals surface area contributed by atoms with E-state index in [0.717, 1.165) is 24.1 Å². The molecule has 2 N–H and O–H groups in total. The molecule has 0 bridgehead atoms. The highest BCUT2D eigenvalue weighted by atomic mass is 16.5. The number of aromatic nitrogens is 1. The van der Waals surface area contributed by atoms with Crippen LogP contribution in [0.2, 0.25) is 0 Å². The maximum Gasteiger partial charge on any atom is 0.338 e. The molecule has 1 aliphatic carbocycles. The lowest BCUT2D eigenvalue weighted by Crippen LogP contribution is -2.28. The van der Waals surface area contributed by atoms with Gasteiger partial charge < -0.3 is 24.6 Å². The van der Waals surface area contributed by atoms with Gasteiger partial charge in [0.1, 0.15) is 18.1 Å². The van der Waals surface area contributed by atoms with E-state index in [1.54, 1.807) is 48.5 Å². The topological polar surface area (TPSA) is 120 Å². The van der Waals surface area contributed by atoms with Gasteiger partial charge >= 0.3 is 5.97 Å². The van der Waals surface area contributed by atoms with Gasteiger partial charge in [-0.1, -0.05) is 17.3 Å². The first-order valence-electron chi connectivity index (χ1n) is 10.9. The standard InChI is InChI=1S/C25H25N3O6/c1-15-21(16(2)34-28-15)13-32-19-11-7-17(8-12-19)25(31)33-14-23(29)27-22-6-4-3-5-20(22)24(30)26-18-9-10-18/h3-8,11-12,18H,9-10,13-14H2,1-2H3,(H,26,30)(H,27,29). The van der Waals surface area contributed by atoms with Crippen molar-refractivity contribution < 1.29 is 28.4 Å². The molecular weight excluding hydrogens is 438 g/mol. The Morgan fingerprint density at radius 1 is 1.06 bits per heavy atom. The Morgan fingerprint density at radius 3 is 2.47 bits per heavy atom. The van der Waals surface area contributed by atoms with Crippen LogP contribution < -0.4 is 15.4 Å². The fourth-order valence-electron chi connectivity index (χ4n) is 3.23. The number of amides is 2. The number of rotatable bonds is 9. The fraction of sp³-hybridized carbons (Fsp3) is 0.280. The van der Waals surface area contributed by atoms with E-state index < -0.39 is 18.5 Å². The Hall–Kier alpha value is -4.14. The average molecular weight is 463 g/mol. The molecule has 2 amide bonds. The maximum absolute atomic E-state index is 12.4. The van der Waals surface area contributed by atoms with Gasteiger partial charge in [0.15, 0.2) is 6.61 Å². The number of nitrogens with zero attached hydrogens (tertiary/aromatic N) is 1. The van der Waals surface area contributed by atoms with Crippen LogP contribution in [-0.2, 0) is 16.1 Å². The molecule has 1 heterocycles. The van der Waals surface area contributed by atoms with Crippen LogP contribution in [0.1, 0.15) is 50.6 Å². The van der Waals surface area contributed by atoms with Gasteiger partial charge in [-0.15, -0.1) is 0 Å². The number of para-hydroxylation sites is 1. The predicted molar refractivity (Wildman–Crippen MR) is 123 cm³/mol. The Kier molecular flexibility index (Phi) is 6.91. The molecule has 9 nitrogen and oxygen atoms in total. The SMILES string of the molecule is Cc1noc(C)c1COc1ccc(C(=O)OCC(=O)Nc2ccccc2C(=O)NC2CC2)cc1. The van der Waals surface area contributed by atoms with Crippen molar-refractivity contribution in [3.05, 3.63) is 76.7 Å². The number of carbonyl (C=O) groups excluding carboxylic acids is 3.